The highest BCUT2D eigenvalue weighted by Gasteiger charge is 2.59. The third-order valence-electron chi connectivity index (χ3n) is 5.32. The molecule has 2 aliphatic rings. The lowest BCUT2D eigenvalue weighted by molar-refractivity contribution is -0.166. The van der Waals surface area contributed by atoms with Crippen LogP contribution in [0.2, 0.25) is 0 Å². The molecule has 5 nitrogen and oxygen atoms in total. The quantitative estimate of drug-likeness (QED) is 0.373. The van der Waals surface area contributed by atoms with Gasteiger partial charge in [-0.05, 0) is 47.0 Å². The average molecular weight is 364 g/mol. The molecule has 1 aliphatic heterocycles. The van der Waals surface area contributed by atoms with Crippen LogP contribution < -0.4 is 0 Å². The molecule has 146 valence electrons. The molecule has 1 saturated carbocycles. The van der Waals surface area contributed by atoms with Gasteiger partial charge in [0.1, 0.15) is 23.6 Å². The number of hydrogen-bond donors (Lipinski definition) is 0. The van der Waals surface area contributed by atoms with Crippen LogP contribution in [0.4, 0.5) is 0 Å². The standard InChI is InChI=1S/C21H32O5/c1-14(2)7-6-8-15(3)19-20(24-5)17(11-12-21(19)13-25-21)26-18(23)10-9-16(4)22/h7-8,17,19-20H,6,9-13H2,1-5H3/b15-8+/t17-,19+,20-,21+/m1/s1. The van der Waals surface area contributed by atoms with Crippen molar-refractivity contribution < 1.29 is 23.8 Å². The smallest absolute Gasteiger partial charge is 0.306 e. The number of Topliss-reactive ketones (excluding diaryl/α,β-unsaturated/α-hetero) is 1. The lowest BCUT2D eigenvalue weighted by atomic mass is 9.72. The summed E-state index contributed by atoms with van der Waals surface area (Å²) in [6.45, 7) is 8.50. The number of allylic oxidation sites excluding steroid dienone is 3. The minimum atomic E-state index is -0.329. The van der Waals surface area contributed by atoms with Crippen LogP contribution >= 0.6 is 0 Å². The van der Waals surface area contributed by atoms with E-state index in [1.165, 1.54) is 18.1 Å². The van der Waals surface area contributed by atoms with Gasteiger partial charge in [0.25, 0.3) is 0 Å². The molecule has 2 fully saturated rings. The first kappa shape index (κ1) is 20.8. The molecule has 0 aromatic heterocycles. The van der Waals surface area contributed by atoms with Gasteiger partial charge in [0.2, 0.25) is 0 Å². The highest BCUT2D eigenvalue weighted by molar-refractivity contribution is 5.81. The molecule has 26 heavy (non-hydrogen) atoms. The van der Waals surface area contributed by atoms with Gasteiger partial charge in [0.15, 0.2) is 0 Å². The summed E-state index contributed by atoms with van der Waals surface area (Å²) in [6, 6.07) is 0. The predicted molar refractivity (Wildman–Crippen MR) is 99.8 cm³/mol. The molecule has 0 amide bonds. The molecule has 4 atom stereocenters. The summed E-state index contributed by atoms with van der Waals surface area (Å²) in [6.07, 6.45) is 6.69. The lowest BCUT2D eigenvalue weighted by Crippen LogP contribution is -2.50. The van der Waals surface area contributed by atoms with Gasteiger partial charge in [-0.15, -0.1) is 0 Å². The fourth-order valence-corrected chi connectivity index (χ4v) is 3.84. The van der Waals surface area contributed by atoms with Crippen molar-refractivity contribution in [2.45, 2.75) is 77.6 Å². The van der Waals surface area contributed by atoms with E-state index in [2.05, 4.69) is 32.9 Å². The molecule has 0 unspecified atom stereocenters. The molecule has 1 aliphatic carbocycles. The first-order valence-electron chi connectivity index (χ1n) is 9.45. The second kappa shape index (κ2) is 8.96. The molecule has 0 N–H and O–H groups in total. The Bertz CT molecular complexity index is 581. The Labute approximate surface area is 156 Å². The van der Waals surface area contributed by atoms with E-state index in [1.807, 2.05) is 0 Å². The normalized spacial score (nSPS) is 30.8. The van der Waals surface area contributed by atoms with Crippen LogP contribution in [0, 0.1) is 5.92 Å². The second-order valence-electron chi connectivity index (χ2n) is 7.77. The maximum atomic E-state index is 12.1. The summed E-state index contributed by atoms with van der Waals surface area (Å²) < 4.78 is 17.3. The predicted octanol–water partition coefficient (Wildman–Crippen LogP) is 3.76. The Morgan fingerprint density at radius 1 is 1.15 bits per heavy atom. The van der Waals surface area contributed by atoms with Crippen LogP contribution in [0.3, 0.4) is 0 Å². The topological polar surface area (TPSA) is 65.1 Å². The van der Waals surface area contributed by atoms with Gasteiger partial charge in [-0.1, -0.05) is 23.3 Å². The largest absolute Gasteiger partial charge is 0.460 e. The highest BCUT2D eigenvalue weighted by atomic mass is 16.6. The van der Waals surface area contributed by atoms with E-state index in [0.717, 1.165) is 25.9 Å². The van der Waals surface area contributed by atoms with Crippen molar-refractivity contribution in [2.24, 2.45) is 5.92 Å². The van der Waals surface area contributed by atoms with Gasteiger partial charge in [0.05, 0.1) is 13.0 Å². The van der Waals surface area contributed by atoms with E-state index in [0.29, 0.717) is 0 Å². The Balaban J connectivity index is 2.10. The molecule has 0 bridgehead atoms. The summed E-state index contributed by atoms with van der Waals surface area (Å²) in [5.41, 5.74) is 2.33. The maximum absolute atomic E-state index is 12.1. The van der Waals surface area contributed by atoms with Gasteiger partial charge in [-0.3, -0.25) is 4.79 Å². The van der Waals surface area contributed by atoms with Crippen molar-refractivity contribution >= 4 is 11.8 Å². The third-order valence-corrected chi connectivity index (χ3v) is 5.32. The van der Waals surface area contributed by atoms with Crippen molar-refractivity contribution in [2.75, 3.05) is 13.7 Å². The number of carbonyl (C=O) groups is 2. The van der Waals surface area contributed by atoms with Crippen LogP contribution in [0.25, 0.3) is 0 Å². The summed E-state index contributed by atoms with van der Waals surface area (Å²) in [4.78, 5) is 23.2. The second-order valence-corrected chi connectivity index (χ2v) is 7.77. The molecule has 5 heteroatoms. The number of epoxide rings is 1. The molecule has 0 aromatic carbocycles. The summed E-state index contributed by atoms with van der Waals surface area (Å²) in [7, 11) is 1.67. The van der Waals surface area contributed by atoms with E-state index >= 15 is 0 Å². The van der Waals surface area contributed by atoms with Gasteiger partial charge < -0.3 is 19.0 Å². The highest BCUT2D eigenvalue weighted by Crippen LogP contribution is 2.50. The van der Waals surface area contributed by atoms with E-state index in [-0.39, 0.29) is 48.3 Å². The molecular weight excluding hydrogens is 332 g/mol. The molecular formula is C21H32O5. The van der Waals surface area contributed by atoms with Crippen molar-refractivity contribution in [1.82, 2.24) is 0 Å². The Hall–Kier alpha value is -1.46. The minimum absolute atomic E-state index is 0.00449. The van der Waals surface area contributed by atoms with Crippen molar-refractivity contribution in [3.05, 3.63) is 23.3 Å². The number of ketones is 1. The molecule has 2 rings (SSSR count). The number of carbonyl (C=O) groups excluding carboxylic acids is 2. The molecule has 1 spiro atoms. The number of esters is 1. The number of hydrogen-bond acceptors (Lipinski definition) is 5. The van der Waals surface area contributed by atoms with E-state index in [9.17, 15) is 9.59 Å². The number of ether oxygens (including phenoxy) is 3. The van der Waals surface area contributed by atoms with Gasteiger partial charge in [-0.25, -0.2) is 0 Å². The van der Waals surface area contributed by atoms with E-state index in [1.54, 1.807) is 7.11 Å². The monoisotopic (exact) mass is 364 g/mol. The zero-order valence-corrected chi connectivity index (χ0v) is 16.7. The van der Waals surface area contributed by atoms with Crippen LogP contribution in [0.5, 0.6) is 0 Å². The SMILES string of the molecule is CO[C@@H]1[C@H](OC(=O)CCC(C)=O)CC[C@]2(CO2)[C@H]1/C(C)=C/CC=C(C)C. The van der Waals surface area contributed by atoms with Gasteiger partial charge >= 0.3 is 5.97 Å². The van der Waals surface area contributed by atoms with Gasteiger partial charge in [0, 0.05) is 19.4 Å². The molecule has 0 radical (unpaired) electrons. The Morgan fingerprint density at radius 2 is 1.85 bits per heavy atom. The number of rotatable bonds is 8. The van der Waals surface area contributed by atoms with Crippen molar-refractivity contribution in [3.63, 3.8) is 0 Å². The van der Waals surface area contributed by atoms with Gasteiger partial charge in [-0.2, -0.15) is 0 Å². The summed E-state index contributed by atoms with van der Waals surface area (Å²) in [5.74, 6) is -0.252. The van der Waals surface area contributed by atoms with Crippen LogP contribution in [0.15, 0.2) is 23.3 Å². The van der Waals surface area contributed by atoms with Crippen LogP contribution in [-0.4, -0.2) is 43.3 Å². The fourth-order valence-electron chi connectivity index (χ4n) is 3.84. The van der Waals surface area contributed by atoms with Crippen molar-refractivity contribution in [3.8, 4) is 0 Å². The zero-order valence-electron chi connectivity index (χ0n) is 16.7. The Kier molecular flexibility index (Phi) is 7.18. The molecule has 1 saturated heterocycles. The summed E-state index contributed by atoms with van der Waals surface area (Å²) in [5, 5.41) is 0. The van der Waals surface area contributed by atoms with E-state index < -0.39 is 0 Å². The first-order chi connectivity index (χ1) is 12.3. The Morgan fingerprint density at radius 3 is 2.38 bits per heavy atom. The minimum Gasteiger partial charge on any atom is -0.460 e. The van der Waals surface area contributed by atoms with Crippen molar-refractivity contribution in [1.29, 1.82) is 0 Å². The third kappa shape index (κ3) is 5.27. The van der Waals surface area contributed by atoms with Crippen LogP contribution in [0.1, 0.15) is 59.8 Å². The summed E-state index contributed by atoms with van der Waals surface area (Å²) >= 11 is 0. The average Bonchev–Trinajstić information content (AvgIpc) is 3.33. The molecule has 1 heterocycles. The lowest BCUT2D eigenvalue weighted by Gasteiger charge is -2.41. The maximum Gasteiger partial charge on any atom is 0.306 e. The number of methoxy groups -OCH3 is 1. The zero-order chi connectivity index (χ0) is 19.3. The fraction of sp³-hybridized carbons (Fsp3) is 0.714. The van der Waals surface area contributed by atoms with Crippen LogP contribution in [-0.2, 0) is 23.8 Å². The molecule has 0 aromatic rings. The first-order valence-corrected chi connectivity index (χ1v) is 9.45. The van der Waals surface area contributed by atoms with E-state index in [4.69, 9.17) is 14.2 Å².